The summed E-state index contributed by atoms with van der Waals surface area (Å²) in [5, 5.41) is 7.37. The van der Waals surface area contributed by atoms with Crippen LogP contribution in [0.15, 0.2) is 91.1 Å². The third kappa shape index (κ3) is 5.76. The first-order chi connectivity index (χ1) is 18.6. The van der Waals surface area contributed by atoms with E-state index in [1.165, 1.54) is 0 Å². The van der Waals surface area contributed by atoms with Crippen LogP contribution in [0, 0.1) is 0 Å². The second kappa shape index (κ2) is 11.7. The summed E-state index contributed by atoms with van der Waals surface area (Å²) in [5.41, 5.74) is 4.42. The number of carbonyl (C=O) groups excluding carboxylic acids is 1. The van der Waals surface area contributed by atoms with E-state index in [1.807, 2.05) is 66.7 Å². The minimum absolute atomic E-state index is 0.195. The van der Waals surface area contributed by atoms with Gasteiger partial charge in [-0.1, -0.05) is 68.4 Å². The molecule has 8 heteroatoms. The van der Waals surface area contributed by atoms with E-state index >= 15 is 0 Å². The Morgan fingerprint density at radius 1 is 0.895 bits per heavy atom. The van der Waals surface area contributed by atoms with Gasteiger partial charge in [-0.3, -0.25) is 10.1 Å². The van der Waals surface area contributed by atoms with E-state index in [0.717, 1.165) is 54.1 Å². The molecule has 0 saturated carbocycles. The van der Waals surface area contributed by atoms with Crippen molar-refractivity contribution in [3.63, 3.8) is 0 Å². The highest BCUT2D eigenvalue weighted by atomic mass is 16.5. The highest BCUT2D eigenvalue weighted by Gasteiger charge is 2.17. The molecule has 2 aromatic heterocycles. The lowest BCUT2D eigenvalue weighted by molar-refractivity contribution is 0.101. The summed E-state index contributed by atoms with van der Waals surface area (Å²) in [5.74, 6) is 0.941. The number of likely N-dealkylation sites (N-methyl/N-ethyl adjacent to an activating group) is 1. The van der Waals surface area contributed by atoms with Gasteiger partial charge in [0.25, 0.3) is 5.91 Å². The predicted molar refractivity (Wildman–Crippen MR) is 150 cm³/mol. The van der Waals surface area contributed by atoms with Crippen molar-refractivity contribution in [2.45, 2.75) is 27.1 Å². The van der Waals surface area contributed by atoms with Crippen molar-refractivity contribution < 1.29 is 9.53 Å². The van der Waals surface area contributed by atoms with Gasteiger partial charge in [0.2, 0.25) is 5.95 Å². The Labute approximate surface area is 222 Å². The van der Waals surface area contributed by atoms with Gasteiger partial charge in [-0.2, -0.15) is 5.10 Å². The molecular weight excluding hydrogens is 476 g/mol. The van der Waals surface area contributed by atoms with Crippen LogP contribution >= 0.6 is 0 Å². The monoisotopic (exact) mass is 508 g/mol. The second-order valence-corrected chi connectivity index (χ2v) is 8.96. The van der Waals surface area contributed by atoms with Crippen LogP contribution in [0.25, 0.3) is 22.2 Å². The number of para-hydroxylation sites is 2. The summed E-state index contributed by atoms with van der Waals surface area (Å²) in [6.07, 6.45) is 1.73. The normalized spacial score (nSPS) is 11.2. The standard InChI is InChI=1S/C30H32N6O2/c1-3-34(4-2)20-21-36-28-13-9-8-12-26(28)31-30(36)32-29(37)27-18-19-35(33-27)22-38-25-16-14-24(15-17-25)23-10-6-5-7-11-23/h5-19H,3-4,20-22H2,1-2H3,(H,31,32,37). The first-order valence-electron chi connectivity index (χ1n) is 12.9. The average Bonchev–Trinajstić information content (AvgIpc) is 3.58. The molecule has 0 aliphatic carbocycles. The molecule has 5 rings (SSSR count). The fourth-order valence-electron chi connectivity index (χ4n) is 4.41. The first kappa shape index (κ1) is 25.2. The maximum Gasteiger partial charge on any atom is 0.278 e. The van der Waals surface area contributed by atoms with Gasteiger partial charge in [0.05, 0.1) is 11.0 Å². The Balaban J connectivity index is 1.23. The molecule has 1 N–H and O–H groups in total. The van der Waals surface area contributed by atoms with Crippen LogP contribution < -0.4 is 10.1 Å². The number of nitrogens with zero attached hydrogens (tertiary/aromatic N) is 5. The Hall–Kier alpha value is -4.43. The number of imidazole rings is 1. The van der Waals surface area contributed by atoms with E-state index in [-0.39, 0.29) is 12.6 Å². The summed E-state index contributed by atoms with van der Waals surface area (Å²) in [6.45, 7) is 8.04. The molecule has 2 heterocycles. The molecule has 0 radical (unpaired) electrons. The molecular formula is C30H32N6O2. The molecule has 0 aliphatic rings. The van der Waals surface area contributed by atoms with Crippen LogP contribution in [0.3, 0.4) is 0 Å². The van der Waals surface area contributed by atoms with Crippen LogP contribution in [0.1, 0.15) is 24.3 Å². The van der Waals surface area contributed by atoms with Crippen molar-refractivity contribution in [1.29, 1.82) is 0 Å². The Morgan fingerprint density at radius 2 is 1.61 bits per heavy atom. The molecule has 0 saturated heterocycles. The van der Waals surface area contributed by atoms with E-state index in [1.54, 1.807) is 16.9 Å². The highest BCUT2D eigenvalue weighted by Crippen LogP contribution is 2.23. The van der Waals surface area contributed by atoms with Crippen LogP contribution in [0.4, 0.5) is 5.95 Å². The number of hydrogen-bond acceptors (Lipinski definition) is 5. The van der Waals surface area contributed by atoms with Gasteiger partial charge < -0.3 is 14.2 Å². The molecule has 3 aromatic carbocycles. The highest BCUT2D eigenvalue weighted by molar-refractivity contribution is 6.02. The number of aromatic nitrogens is 4. The molecule has 0 unspecified atom stereocenters. The third-order valence-electron chi connectivity index (χ3n) is 6.61. The summed E-state index contributed by atoms with van der Waals surface area (Å²) in [7, 11) is 0. The van der Waals surface area contributed by atoms with Crippen LogP contribution in [0.5, 0.6) is 5.75 Å². The molecule has 0 fully saturated rings. The number of carbonyl (C=O) groups is 1. The molecule has 0 bridgehead atoms. The zero-order valence-corrected chi connectivity index (χ0v) is 21.7. The summed E-state index contributed by atoms with van der Waals surface area (Å²) in [4.78, 5) is 20.1. The number of nitrogens with one attached hydrogen (secondary N) is 1. The lowest BCUT2D eigenvalue weighted by atomic mass is 10.1. The lowest BCUT2D eigenvalue weighted by Crippen LogP contribution is -2.27. The SMILES string of the molecule is CCN(CC)CCn1c(NC(=O)c2ccn(COc3ccc(-c4ccccc4)cc3)n2)nc2ccccc21. The van der Waals surface area contributed by atoms with E-state index < -0.39 is 0 Å². The maximum absolute atomic E-state index is 13.1. The molecule has 194 valence electrons. The molecule has 8 nitrogen and oxygen atoms in total. The molecule has 0 spiro atoms. The van der Waals surface area contributed by atoms with Crippen molar-refractivity contribution in [3.05, 3.63) is 96.8 Å². The average molecular weight is 509 g/mol. The minimum atomic E-state index is -0.310. The first-order valence-corrected chi connectivity index (χ1v) is 12.9. The summed E-state index contributed by atoms with van der Waals surface area (Å²) >= 11 is 0. The van der Waals surface area contributed by atoms with E-state index in [4.69, 9.17) is 4.74 Å². The summed E-state index contributed by atoms with van der Waals surface area (Å²) < 4.78 is 9.54. The zero-order valence-electron chi connectivity index (χ0n) is 21.7. The van der Waals surface area contributed by atoms with Crippen molar-refractivity contribution in [2.24, 2.45) is 0 Å². The number of anilines is 1. The lowest BCUT2D eigenvalue weighted by Gasteiger charge is -2.19. The summed E-state index contributed by atoms with van der Waals surface area (Å²) in [6, 6.07) is 27.7. The van der Waals surface area contributed by atoms with Crippen LogP contribution in [-0.4, -0.2) is 49.8 Å². The topological polar surface area (TPSA) is 77.2 Å². The quantitative estimate of drug-likeness (QED) is 0.254. The van der Waals surface area contributed by atoms with Gasteiger partial charge in [-0.25, -0.2) is 9.67 Å². The Kier molecular flexibility index (Phi) is 7.80. The molecule has 0 aliphatic heterocycles. The molecule has 1 amide bonds. The fraction of sp³-hybridized carbons (Fsp3) is 0.233. The van der Waals surface area contributed by atoms with Gasteiger partial charge in [-0.15, -0.1) is 0 Å². The minimum Gasteiger partial charge on any atom is -0.471 e. The number of fused-ring (bicyclic) bond motifs is 1. The number of ether oxygens (including phenoxy) is 1. The van der Waals surface area contributed by atoms with Crippen LogP contribution in [-0.2, 0) is 13.3 Å². The fourth-order valence-corrected chi connectivity index (χ4v) is 4.41. The number of benzene rings is 3. The van der Waals surface area contributed by atoms with Crippen LogP contribution in [0.2, 0.25) is 0 Å². The smallest absolute Gasteiger partial charge is 0.278 e. The number of rotatable bonds is 11. The Morgan fingerprint density at radius 3 is 2.37 bits per heavy atom. The van der Waals surface area contributed by atoms with Gasteiger partial charge in [0.15, 0.2) is 12.4 Å². The predicted octanol–water partition coefficient (Wildman–Crippen LogP) is 5.53. The van der Waals surface area contributed by atoms with E-state index in [2.05, 4.69) is 50.8 Å². The number of hydrogen-bond donors (Lipinski definition) is 1. The van der Waals surface area contributed by atoms with Gasteiger partial charge in [-0.05, 0) is 54.5 Å². The van der Waals surface area contributed by atoms with E-state index in [9.17, 15) is 4.79 Å². The van der Waals surface area contributed by atoms with Crippen molar-refractivity contribution in [1.82, 2.24) is 24.2 Å². The van der Waals surface area contributed by atoms with Gasteiger partial charge >= 0.3 is 0 Å². The van der Waals surface area contributed by atoms with Gasteiger partial charge in [0, 0.05) is 19.3 Å². The van der Waals surface area contributed by atoms with Crippen molar-refractivity contribution in [3.8, 4) is 16.9 Å². The largest absolute Gasteiger partial charge is 0.471 e. The number of amides is 1. The Bertz CT molecular complexity index is 1490. The third-order valence-corrected chi connectivity index (χ3v) is 6.61. The zero-order chi connectivity index (χ0) is 26.3. The van der Waals surface area contributed by atoms with Crippen molar-refractivity contribution >= 4 is 22.9 Å². The molecule has 38 heavy (non-hydrogen) atoms. The second-order valence-electron chi connectivity index (χ2n) is 8.96. The van der Waals surface area contributed by atoms with E-state index in [0.29, 0.717) is 11.6 Å². The maximum atomic E-state index is 13.1. The van der Waals surface area contributed by atoms with Gasteiger partial charge in [0.1, 0.15) is 5.75 Å². The van der Waals surface area contributed by atoms with Crippen molar-refractivity contribution in [2.75, 3.05) is 25.0 Å². The molecule has 5 aromatic rings. The molecule has 0 atom stereocenters.